The van der Waals surface area contributed by atoms with Gasteiger partial charge in [0.2, 0.25) is 5.91 Å². The Morgan fingerprint density at radius 2 is 2.08 bits per heavy atom. The van der Waals surface area contributed by atoms with Crippen LogP contribution in [0.1, 0.15) is 6.42 Å². The second kappa shape index (κ2) is 9.38. The maximum atomic E-state index is 15.1. The lowest BCUT2D eigenvalue weighted by molar-refractivity contribution is -0.126. The highest BCUT2D eigenvalue weighted by molar-refractivity contribution is 5.83. The molecule has 4 heterocycles. The second-order valence-corrected chi connectivity index (χ2v) is 8.40. The summed E-state index contributed by atoms with van der Waals surface area (Å²) in [5.41, 5.74) is 2.79. The molecule has 4 aromatic rings. The number of nitrogens with one attached hydrogen (secondary N) is 1. The molecule has 1 fully saturated rings. The number of carbonyl (C=O) groups excluding carboxylic acids is 1. The molecular weight excluding hydrogens is 469 g/mol. The van der Waals surface area contributed by atoms with Crippen molar-refractivity contribution in [3.63, 3.8) is 0 Å². The van der Waals surface area contributed by atoms with Gasteiger partial charge in [-0.25, -0.2) is 14.4 Å². The number of hydrogen-bond acceptors (Lipinski definition) is 8. The van der Waals surface area contributed by atoms with Crippen molar-refractivity contribution in [1.29, 1.82) is 0 Å². The molecule has 0 radical (unpaired) electrons. The van der Waals surface area contributed by atoms with Gasteiger partial charge in [-0.15, -0.1) is 0 Å². The van der Waals surface area contributed by atoms with Crippen LogP contribution < -0.4 is 20.3 Å². The molecule has 1 aliphatic heterocycles. The molecule has 11 nitrogen and oxygen atoms in total. The predicted octanol–water partition coefficient (Wildman–Crippen LogP) is 1.47. The van der Waals surface area contributed by atoms with Gasteiger partial charge >= 0.3 is 0 Å². The Balaban J connectivity index is 1.72. The van der Waals surface area contributed by atoms with Crippen molar-refractivity contribution in [3.8, 4) is 22.8 Å². The molecule has 2 unspecified atom stereocenters. The SMILES string of the molecule is COc1cc(/N=c2\ccc3ncc(-c4cnn(C)c4)nc3n2CC2CC(O)C(=O)N2)c(F)c(OC)c1. The number of aliphatic hydroxyl groups is 1. The fraction of sp³-hybridized carbons (Fsp3) is 0.292. The molecule has 3 aromatic heterocycles. The fourth-order valence-corrected chi connectivity index (χ4v) is 4.13. The number of pyridine rings is 1. The largest absolute Gasteiger partial charge is 0.497 e. The highest BCUT2D eigenvalue weighted by Gasteiger charge is 2.30. The van der Waals surface area contributed by atoms with Crippen molar-refractivity contribution in [2.75, 3.05) is 14.2 Å². The van der Waals surface area contributed by atoms with Gasteiger partial charge in [-0.3, -0.25) is 14.5 Å². The van der Waals surface area contributed by atoms with E-state index in [9.17, 15) is 9.90 Å². The van der Waals surface area contributed by atoms with Crippen LogP contribution in [0.5, 0.6) is 11.5 Å². The summed E-state index contributed by atoms with van der Waals surface area (Å²) in [5.74, 6) is -0.718. The van der Waals surface area contributed by atoms with Crippen LogP contribution in [0.4, 0.5) is 10.1 Å². The van der Waals surface area contributed by atoms with E-state index in [1.54, 1.807) is 40.8 Å². The van der Waals surface area contributed by atoms with E-state index >= 15 is 4.39 Å². The number of fused-ring (bicyclic) bond motifs is 1. The minimum absolute atomic E-state index is 0.00571. The molecule has 0 spiro atoms. The third-order valence-corrected chi connectivity index (χ3v) is 5.95. The van der Waals surface area contributed by atoms with Gasteiger partial charge in [-0.2, -0.15) is 5.10 Å². The lowest BCUT2D eigenvalue weighted by atomic mass is 10.2. The fourth-order valence-electron chi connectivity index (χ4n) is 4.13. The number of rotatable bonds is 6. The van der Waals surface area contributed by atoms with Crippen LogP contribution in [0.2, 0.25) is 0 Å². The smallest absolute Gasteiger partial charge is 0.249 e. The van der Waals surface area contributed by atoms with Crippen LogP contribution in [0.15, 0.2) is 47.8 Å². The standard InChI is InChI=1S/C24H24FN7O4/c1-31-11-13(9-27-31)18-10-26-16-4-5-21(29-17-7-15(35-2)8-20(36-3)22(17)25)32(23(16)30-18)12-14-6-19(33)24(34)28-14/h4-5,7-11,14,19,33H,6,12H2,1-3H3,(H,28,34)/b29-21+. The summed E-state index contributed by atoms with van der Waals surface area (Å²) in [6, 6.07) is 5.95. The third-order valence-electron chi connectivity index (χ3n) is 5.95. The van der Waals surface area contributed by atoms with Crippen molar-refractivity contribution in [3.05, 3.63) is 54.2 Å². The van der Waals surface area contributed by atoms with Gasteiger partial charge in [0.1, 0.15) is 28.5 Å². The van der Waals surface area contributed by atoms with Crippen LogP contribution in [0.3, 0.4) is 0 Å². The van der Waals surface area contributed by atoms with E-state index in [4.69, 9.17) is 14.5 Å². The van der Waals surface area contributed by atoms with E-state index in [1.807, 2.05) is 6.20 Å². The normalized spacial score (nSPS) is 18.0. The minimum atomic E-state index is -1.09. The monoisotopic (exact) mass is 493 g/mol. The zero-order chi connectivity index (χ0) is 25.4. The van der Waals surface area contributed by atoms with E-state index in [-0.39, 0.29) is 30.4 Å². The highest BCUT2D eigenvalue weighted by Crippen LogP contribution is 2.32. The molecule has 2 atom stereocenters. The van der Waals surface area contributed by atoms with E-state index in [0.29, 0.717) is 28.1 Å². The van der Waals surface area contributed by atoms with Gasteiger partial charge in [-0.1, -0.05) is 0 Å². The van der Waals surface area contributed by atoms with E-state index in [0.717, 1.165) is 5.56 Å². The average molecular weight is 493 g/mol. The van der Waals surface area contributed by atoms with Gasteiger partial charge in [0.05, 0.1) is 32.3 Å². The number of amides is 1. The molecule has 1 amide bonds. The number of benzene rings is 1. The average Bonchev–Trinajstić information content (AvgIpc) is 3.45. The number of aryl methyl sites for hydroxylation is 1. The Morgan fingerprint density at radius 1 is 1.25 bits per heavy atom. The minimum Gasteiger partial charge on any atom is -0.497 e. The number of methoxy groups -OCH3 is 2. The highest BCUT2D eigenvalue weighted by atomic mass is 19.1. The number of aliphatic hydroxyl groups excluding tert-OH is 1. The second-order valence-electron chi connectivity index (χ2n) is 8.40. The first kappa shape index (κ1) is 23.4. The van der Waals surface area contributed by atoms with Crippen LogP contribution in [-0.4, -0.2) is 61.7 Å². The Morgan fingerprint density at radius 3 is 2.75 bits per heavy atom. The summed E-state index contributed by atoms with van der Waals surface area (Å²) in [6.45, 7) is 0.229. The molecule has 36 heavy (non-hydrogen) atoms. The molecule has 0 saturated carbocycles. The maximum absolute atomic E-state index is 15.1. The molecule has 0 bridgehead atoms. The van der Waals surface area contributed by atoms with Crippen molar-refractivity contribution < 1.29 is 23.8 Å². The molecule has 1 aliphatic rings. The van der Waals surface area contributed by atoms with Crippen molar-refractivity contribution in [2.45, 2.75) is 25.1 Å². The summed E-state index contributed by atoms with van der Waals surface area (Å²) in [4.78, 5) is 25.8. The quantitative estimate of drug-likeness (QED) is 0.416. The third kappa shape index (κ3) is 4.38. The van der Waals surface area contributed by atoms with E-state index in [2.05, 4.69) is 20.4 Å². The summed E-state index contributed by atoms with van der Waals surface area (Å²) < 4.78 is 28.9. The summed E-state index contributed by atoms with van der Waals surface area (Å²) in [6.07, 6.45) is 4.27. The van der Waals surface area contributed by atoms with E-state index in [1.165, 1.54) is 26.4 Å². The van der Waals surface area contributed by atoms with Crippen LogP contribution in [0, 0.1) is 5.82 Å². The van der Waals surface area contributed by atoms with Crippen molar-refractivity contribution in [1.82, 2.24) is 29.6 Å². The molecule has 186 valence electrons. The zero-order valence-corrected chi connectivity index (χ0v) is 19.8. The molecule has 5 rings (SSSR count). The van der Waals surface area contributed by atoms with Crippen LogP contribution in [-0.2, 0) is 18.4 Å². The molecule has 2 N–H and O–H groups in total. The molecule has 1 aromatic carbocycles. The molecule has 12 heteroatoms. The Labute approximate surface area is 204 Å². The molecule has 0 aliphatic carbocycles. The number of nitrogens with zero attached hydrogens (tertiary/aromatic N) is 6. The Hall–Kier alpha value is -4.32. The van der Waals surface area contributed by atoms with E-state index < -0.39 is 17.8 Å². The van der Waals surface area contributed by atoms with Crippen LogP contribution in [0.25, 0.3) is 22.4 Å². The maximum Gasteiger partial charge on any atom is 0.249 e. The van der Waals surface area contributed by atoms with Crippen molar-refractivity contribution in [2.24, 2.45) is 12.0 Å². The summed E-state index contributed by atoms with van der Waals surface area (Å²) in [7, 11) is 4.64. The first-order valence-electron chi connectivity index (χ1n) is 11.2. The van der Waals surface area contributed by atoms with Crippen molar-refractivity contribution >= 4 is 22.8 Å². The predicted molar refractivity (Wildman–Crippen MR) is 127 cm³/mol. The van der Waals surface area contributed by atoms with Gasteiger partial charge < -0.3 is 24.5 Å². The first-order chi connectivity index (χ1) is 17.4. The van der Waals surface area contributed by atoms with Crippen LogP contribution >= 0.6 is 0 Å². The lowest BCUT2D eigenvalue weighted by Gasteiger charge is -2.16. The van der Waals surface area contributed by atoms with Gasteiger partial charge in [0.25, 0.3) is 0 Å². The number of ether oxygens (including phenoxy) is 2. The zero-order valence-electron chi connectivity index (χ0n) is 19.8. The summed E-state index contributed by atoms with van der Waals surface area (Å²) >= 11 is 0. The Kier molecular flexibility index (Phi) is 6.10. The molecule has 1 saturated heterocycles. The number of aromatic nitrogens is 5. The Bertz CT molecular complexity index is 1530. The first-order valence-corrected chi connectivity index (χ1v) is 11.2. The molecular formula is C24H24FN7O4. The topological polar surface area (TPSA) is 129 Å². The van der Waals surface area contributed by atoms with Gasteiger partial charge in [0, 0.05) is 49.9 Å². The number of carbonyl (C=O) groups is 1. The van der Waals surface area contributed by atoms with Gasteiger partial charge in [0.15, 0.2) is 17.2 Å². The van der Waals surface area contributed by atoms with Gasteiger partial charge in [-0.05, 0) is 12.1 Å². The summed E-state index contributed by atoms with van der Waals surface area (Å²) in [5, 5.41) is 16.9. The number of halogens is 1. The lowest BCUT2D eigenvalue weighted by Crippen LogP contribution is -2.34. The number of hydrogen-bond donors (Lipinski definition) is 2.